The van der Waals surface area contributed by atoms with Crippen LogP contribution in [0.15, 0.2) is 47.9 Å². The lowest BCUT2D eigenvalue weighted by molar-refractivity contribution is -0.665. The van der Waals surface area contributed by atoms with E-state index in [1.807, 2.05) is 30.2 Å². The number of thioether (sulfide) groups is 1. The summed E-state index contributed by atoms with van der Waals surface area (Å²) in [7, 11) is 0. The van der Waals surface area contributed by atoms with Gasteiger partial charge in [-0.05, 0) is 12.1 Å². The highest BCUT2D eigenvalue weighted by Gasteiger charge is 2.19. The average Bonchev–Trinajstić information content (AvgIpc) is 3.09. The Bertz CT molecular complexity index is 489. The minimum absolute atomic E-state index is 0.774. The van der Waals surface area contributed by atoms with Gasteiger partial charge >= 0.3 is 0 Å². The molecule has 1 aromatic heterocycles. The lowest BCUT2D eigenvalue weighted by atomic mass is 10.3. The normalized spacial score (nSPS) is 19.2. The molecule has 1 fully saturated rings. The van der Waals surface area contributed by atoms with E-state index < -0.39 is 0 Å². The number of para-hydroxylation sites is 1. The van der Waals surface area contributed by atoms with Gasteiger partial charge in [0.25, 0.3) is 0 Å². The highest BCUT2D eigenvalue weighted by atomic mass is 32.2. The molecule has 1 aliphatic heterocycles. The second kappa shape index (κ2) is 5.59. The molecule has 2 N–H and O–H groups in total. The van der Waals surface area contributed by atoms with Crippen LogP contribution in [0.2, 0.25) is 0 Å². The van der Waals surface area contributed by atoms with Crippen LogP contribution in [0.25, 0.3) is 5.69 Å². The summed E-state index contributed by atoms with van der Waals surface area (Å²) in [4.78, 5) is 4.47. The number of quaternary nitrogens is 1. The Kier molecular flexibility index (Phi) is 3.67. The Hall–Kier alpha value is -1.26. The van der Waals surface area contributed by atoms with Crippen molar-refractivity contribution >= 4 is 11.8 Å². The molecule has 94 valence electrons. The van der Waals surface area contributed by atoms with Crippen LogP contribution >= 0.6 is 11.8 Å². The van der Waals surface area contributed by atoms with Gasteiger partial charge in [0.05, 0.1) is 18.3 Å². The molecule has 4 heteroatoms. The second-order valence-electron chi connectivity index (χ2n) is 4.65. The van der Waals surface area contributed by atoms with E-state index >= 15 is 0 Å². The van der Waals surface area contributed by atoms with E-state index in [0.717, 1.165) is 17.0 Å². The Balaban J connectivity index is 1.71. The average molecular weight is 260 g/mol. The van der Waals surface area contributed by atoms with Crippen molar-refractivity contribution in [2.45, 2.75) is 24.0 Å². The van der Waals surface area contributed by atoms with Crippen molar-refractivity contribution < 1.29 is 5.32 Å². The molecule has 1 aliphatic rings. The first-order valence-corrected chi connectivity index (χ1v) is 7.47. The minimum atomic E-state index is 0.774. The molecule has 2 aromatic rings. The van der Waals surface area contributed by atoms with Crippen molar-refractivity contribution in [1.82, 2.24) is 9.55 Å². The van der Waals surface area contributed by atoms with Crippen LogP contribution in [0.1, 0.15) is 12.8 Å². The summed E-state index contributed by atoms with van der Waals surface area (Å²) in [5.41, 5.74) is 1.19. The molecule has 0 bridgehead atoms. The van der Waals surface area contributed by atoms with Crippen molar-refractivity contribution in [2.24, 2.45) is 0 Å². The zero-order valence-electron chi connectivity index (χ0n) is 10.3. The SMILES string of the molecule is c1ccc(-n2ccnc2SC[C@@H]2CCC[NH2+]2)cc1. The van der Waals surface area contributed by atoms with Gasteiger partial charge in [-0.2, -0.15) is 0 Å². The maximum absolute atomic E-state index is 4.47. The zero-order valence-corrected chi connectivity index (χ0v) is 11.1. The summed E-state index contributed by atoms with van der Waals surface area (Å²) >= 11 is 1.87. The van der Waals surface area contributed by atoms with E-state index in [9.17, 15) is 0 Å². The minimum Gasteiger partial charge on any atom is -0.343 e. The fraction of sp³-hybridized carbons (Fsp3) is 0.357. The summed E-state index contributed by atoms with van der Waals surface area (Å²) in [5.74, 6) is 1.16. The lowest BCUT2D eigenvalue weighted by Crippen LogP contribution is -2.87. The number of hydrogen-bond acceptors (Lipinski definition) is 2. The second-order valence-corrected chi connectivity index (χ2v) is 5.64. The summed E-state index contributed by atoms with van der Waals surface area (Å²) in [6.45, 7) is 1.29. The van der Waals surface area contributed by atoms with Crippen LogP contribution in [0.5, 0.6) is 0 Å². The zero-order chi connectivity index (χ0) is 12.2. The predicted octanol–water partition coefficient (Wildman–Crippen LogP) is 1.69. The predicted molar refractivity (Wildman–Crippen MR) is 74.1 cm³/mol. The Morgan fingerprint density at radius 1 is 1.33 bits per heavy atom. The summed E-state index contributed by atoms with van der Waals surface area (Å²) in [5, 5.41) is 3.56. The van der Waals surface area contributed by atoms with E-state index in [4.69, 9.17) is 0 Å². The first kappa shape index (κ1) is 11.8. The van der Waals surface area contributed by atoms with E-state index in [1.165, 1.54) is 25.1 Å². The largest absolute Gasteiger partial charge is 0.343 e. The molecule has 0 unspecified atom stereocenters. The van der Waals surface area contributed by atoms with Crippen molar-refractivity contribution in [1.29, 1.82) is 0 Å². The highest BCUT2D eigenvalue weighted by Crippen LogP contribution is 2.21. The number of hydrogen-bond donors (Lipinski definition) is 1. The molecule has 3 rings (SSSR count). The Morgan fingerprint density at radius 3 is 3.00 bits per heavy atom. The quantitative estimate of drug-likeness (QED) is 0.849. The molecule has 2 heterocycles. The molecule has 0 amide bonds. The molecule has 3 nitrogen and oxygen atoms in total. The van der Waals surface area contributed by atoms with Crippen molar-refractivity contribution in [3.05, 3.63) is 42.7 Å². The smallest absolute Gasteiger partial charge is 0.172 e. The van der Waals surface area contributed by atoms with Gasteiger partial charge in [-0.3, -0.25) is 4.57 Å². The third kappa shape index (κ3) is 2.60. The van der Waals surface area contributed by atoms with Gasteiger partial charge in [-0.25, -0.2) is 4.98 Å². The van der Waals surface area contributed by atoms with Crippen molar-refractivity contribution in [3.8, 4) is 5.69 Å². The van der Waals surface area contributed by atoms with Gasteiger partial charge in [0.1, 0.15) is 0 Å². The number of rotatable bonds is 4. The van der Waals surface area contributed by atoms with Crippen LogP contribution in [-0.4, -0.2) is 27.9 Å². The standard InChI is InChI=1S/C14H17N3S/c1-2-6-13(7-3-1)17-10-9-16-14(17)18-11-12-5-4-8-15-12/h1-3,6-7,9-10,12,15H,4-5,8,11H2/p+1/t12-/m0/s1. The fourth-order valence-electron chi connectivity index (χ4n) is 2.37. The maximum atomic E-state index is 4.47. The molecule has 1 aromatic carbocycles. The molecule has 1 saturated heterocycles. The van der Waals surface area contributed by atoms with Gasteiger partial charge < -0.3 is 5.32 Å². The van der Waals surface area contributed by atoms with Crippen LogP contribution in [0.4, 0.5) is 0 Å². The van der Waals surface area contributed by atoms with Crippen molar-refractivity contribution in [2.75, 3.05) is 12.3 Å². The molecule has 18 heavy (non-hydrogen) atoms. The monoisotopic (exact) mass is 260 g/mol. The van der Waals surface area contributed by atoms with Gasteiger partial charge in [-0.15, -0.1) is 0 Å². The number of nitrogens with zero attached hydrogens (tertiary/aromatic N) is 2. The van der Waals surface area contributed by atoms with E-state index in [-0.39, 0.29) is 0 Å². The molecular formula is C14H18N3S+. The lowest BCUT2D eigenvalue weighted by Gasteiger charge is -2.09. The van der Waals surface area contributed by atoms with Gasteiger partial charge in [0, 0.05) is 30.9 Å². The topological polar surface area (TPSA) is 34.4 Å². The molecular weight excluding hydrogens is 242 g/mol. The number of imidazole rings is 1. The van der Waals surface area contributed by atoms with E-state index in [1.54, 1.807) is 0 Å². The molecule has 1 atom stereocenters. The third-order valence-corrected chi connectivity index (χ3v) is 4.50. The molecule has 0 spiro atoms. The number of nitrogens with two attached hydrogens (primary N) is 1. The highest BCUT2D eigenvalue weighted by molar-refractivity contribution is 7.99. The van der Waals surface area contributed by atoms with Gasteiger partial charge in [0.2, 0.25) is 0 Å². The number of aromatic nitrogens is 2. The number of benzene rings is 1. The van der Waals surface area contributed by atoms with Crippen LogP contribution < -0.4 is 5.32 Å². The maximum Gasteiger partial charge on any atom is 0.172 e. The first-order chi connectivity index (χ1) is 8.93. The molecule has 0 radical (unpaired) electrons. The van der Waals surface area contributed by atoms with Gasteiger partial charge in [-0.1, -0.05) is 30.0 Å². The molecule has 0 aliphatic carbocycles. The summed E-state index contributed by atoms with van der Waals surface area (Å²) in [6, 6.07) is 11.2. The van der Waals surface area contributed by atoms with Gasteiger partial charge in [0.15, 0.2) is 5.16 Å². The van der Waals surface area contributed by atoms with Crippen molar-refractivity contribution in [3.63, 3.8) is 0 Å². The third-order valence-electron chi connectivity index (χ3n) is 3.35. The van der Waals surface area contributed by atoms with Crippen LogP contribution in [0.3, 0.4) is 0 Å². The molecule has 0 saturated carbocycles. The first-order valence-electron chi connectivity index (χ1n) is 6.48. The summed E-state index contributed by atoms with van der Waals surface area (Å²) in [6.07, 6.45) is 6.63. The Morgan fingerprint density at radius 2 is 2.22 bits per heavy atom. The van der Waals surface area contributed by atoms with Crippen LogP contribution in [0, 0.1) is 0 Å². The van der Waals surface area contributed by atoms with Crippen LogP contribution in [-0.2, 0) is 0 Å². The summed E-state index contributed by atoms with van der Waals surface area (Å²) < 4.78 is 2.17. The van der Waals surface area contributed by atoms with E-state index in [2.05, 4.69) is 39.1 Å². The van der Waals surface area contributed by atoms with E-state index in [0.29, 0.717) is 0 Å². The fourth-order valence-corrected chi connectivity index (χ4v) is 3.47. The Labute approximate surface area is 112 Å².